The molecule has 1 atom stereocenters. The first-order valence-electron chi connectivity index (χ1n) is 5.96. The maximum atomic E-state index is 13.1. The van der Waals surface area contributed by atoms with Gasteiger partial charge in [0.1, 0.15) is 5.69 Å². The van der Waals surface area contributed by atoms with E-state index >= 15 is 0 Å². The third-order valence-corrected chi connectivity index (χ3v) is 4.71. The highest BCUT2D eigenvalue weighted by atomic mass is 32.2. The molecular formula is C10H13F2N3O4S. The zero-order valence-electron chi connectivity index (χ0n) is 10.6. The Balaban J connectivity index is 2.37. The Morgan fingerprint density at radius 1 is 1.55 bits per heavy atom. The molecule has 1 unspecified atom stereocenters. The van der Waals surface area contributed by atoms with Gasteiger partial charge in [0.15, 0.2) is 15.5 Å². The fourth-order valence-corrected chi connectivity index (χ4v) is 3.78. The molecule has 1 aromatic heterocycles. The highest BCUT2D eigenvalue weighted by Crippen LogP contribution is 2.30. The summed E-state index contributed by atoms with van der Waals surface area (Å²) in [7, 11) is -3.26. The van der Waals surface area contributed by atoms with Crippen molar-refractivity contribution in [3.05, 3.63) is 11.4 Å². The highest BCUT2D eigenvalue weighted by Gasteiger charge is 2.36. The topological polar surface area (TPSA) is 91.2 Å². The second-order valence-electron chi connectivity index (χ2n) is 4.35. The Morgan fingerprint density at radius 2 is 2.25 bits per heavy atom. The van der Waals surface area contributed by atoms with E-state index in [-0.39, 0.29) is 24.5 Å². The third kappa shape index (κ3) is 2.79. The fourth-order valence-electron chi connectivity index (χ4n) is 2.09. The molecule has 112 valence electrons. The first-order valence-corrected chi connectivity index (χ1v) is 7.78. The summed E-state index contributed by atoms with van der Waals surface area (Å²) in [4.78, 5) is 11.5. The lowest BCUT2D eigenvalue weighted by Gasteiger charge is -2.11. The maximum Gasteiger partial charge on any atom is 0.361 e. The van der Waals surface area contributed by atoms with Gasteiger partial charge in [-0.2, -0.15) is 0 Å². The van der Waals surface area contributed by atoms with Gasteiger partial charge < -0.3 is 4.74 Å². The van der Waals surface area contributed by atoms with Crippen LogP contribution in [0.3, 0.4) is 0 Å². The number of alkyl halides is 2. The predicted octanol–water partition coefficient (Wildman–Crippen LogP) is 0.752. The van der Waals surface area contributed by atoms with Crippen LogP contribution in [0.2, 0.25) is 0 Å². The molecule has 0 spiro atoms. The maximum absolute atomic E-state index is 13.1. The lowest BCUT2D eigenvalue weighted by molar-refractivity contribution is 0.0506. The fraction of sp³-hybridized carbons (Fsp3) is 0.700. The van der Waals surface area contributed by atoms with E-state index in [0.29, 0.717) is 0 Å². The molecule has 0 N–H and O–H groups in total. The Bertz CT molecular complexity index is 614. The molecule has 0 amide bonds. The zero-order valence-corrected chi connectivity index (χ0v) is 11.4. The summed E-state index contributed by atoms with van der Waals surface area (Å²) in [5.41, 5.74) is -1.25. The van der Waals surface area contributed by atoms with Gasteiger partial charge in [0.2, 0.25) is 0 Å². The number of nitrogens with zero attached hydrogens (tertiary/aromatic N) is 3. The summed E-state index contributed by atoms with van der Waals surface area (Å²) in [5, 5.41) is 6.92. The summed E-state index contributed by atoms with van der Waals surface area (Å²) in [6.07, 6.45) is -2.82. The van der Waals surface area contributed by atoms with Crippen LogP contribution in [0, 0.1) is 0 Å². The molecule has 2 rings (SSSR count). The van der Waals surface area contributed by atoms with Crippen LogP contribution < -0.4 is 0 Å². The van der Waals surface area contributed by atoms with Crippen molar-refractivity contribution in [2.75, 3.05) is 18.1 Å². The van der Waals surface area contributed by atoms with Crippen LogP contribution in [-0.2, 0) is 14.6 Å². The van der Waals surface area contributed by atoms with Crippen LogP contribution in [0.15, 0.2) is 0 Å². The van der Waals surface area contributed by atoms with E-state index in [1.54, 1.807) is 0 Å². The standard InChI is InChI=1S/C10H13F2N3O4S/c1-2-19-10(16)7-8(9(11)12)15(14-13-7)6-3-4-20(17,18)5-6/h6,9H,2-5H2,1H3. The molecule has 7 nitrogen and oxygen atoms in total. The van der Waals surface area contributed by atoms with Gasteiger partial charge in [-0.05, 0) is 13.3 Å². The lowest BCUT2D eigenvalue weighted by Crippen LogP contribution is -2.17. The second kappa shape index (κ2) is 5.43. The van der Waals surface area contributed by atoms with Gasteiger partial charge >= 0.3 is 5.97 Å². The minimum atomic E-state index is -3.26. The number of halogens is 2. The molecule has 0 radical (unpaired) electrons. The molecule has 0 aliphatic carbocycles. The molecule has 1 aliphatic rings. The number of hydrogen-bond donors (Lipinski definition) is 0. The molecule has 10 heteroatoms. The van der Waals surface area contributed by atoms with Crippen LogP contribution in [0.5, 0.6) is 0 Å². The monoisotopic (exact) mass is 309 g/mol. The van der Waals surface area contributed by atoms with E-state index in [2.05, 4.69) is 15.0 Å². The quantitative estimate of drug-likeness (QED) is 0.762. The van der Waals surface area contributed by atoms with Gasteiger partial charge in [-0.25, -0.2) is 26.7 Å². The third-order valence-electron chi connectivity index (χ3n) is 2.96. The van der Waals surface area contributed by atoms with Crippen LogP contribution in [-0.4, -0.2) is 47.5 Å². The van der Waals surface area contributed by atoms with Crippen molar-refractivity contribution in [2.45, 2.75) is 25.8 Å². The highest BCUT2D eigenvalue weighted by molar-refractivity contribution is 7.91. The zero-order chi connectivity index (χ0) is 14.9. The second-order valence-corrected chi connectivity index (χ2v) is 6.57. The Labute approximate surface area is 113 Å². The van der Waals surface area contributed by atoms with Crippen molar-refractivity contribution in [3.63, 3.8) is 0 Å². The number of carbonyl (C=O) groups excluding carboxylic acids is 1. The number of sulfone groups is 1. The van der Waals surface area contributed by atoms with E-state index in [0.717, 1.165) is 4.68 Å². The molecule has 0 bridgehead atoms. The first kappa shape index (κ1) is 14.8. The minimum absolute atomic E-state index is 0.0200. The van der Waals surface area contributed by atoms with E-state index in [1.165, 1.54) is 6.92 Å². The molecular weight excluding hydrogens is 296 g/mol. The molecule has 20 heavy (non-hydrogen) atoms. The van der Waals surface area contributed by atoms with Crippen molar-refractivity contribution >= 4 is 15.8 Å². The lowest BCUT2D eigenvalue weighted by atomic mass is 10.2. The van der Waals surface area contributed by atoms with Crippen molar-refractivity contribution < 1.29 is 26.7 Å². The van der Waals surface area contributed by atoms with E-state index in [4.69, 9.17) is 0 Å². The summed E-state index contributed by atoms with van der Waals surface area (Å²) < 4.78 is 54.5. The number of ether oxygens (including phenoxy) is 1. The summed E-state index contributed by atoms with van der Waals surface area (Å²) >= 11 is 0. The number of esters is 1. The number of rotatable bonds is 4. The van der Waals surface area contributed by atoms with Gasteiger partial charge in [0, 0.05) is 0 Å². The molecule has 2 heterocycles. The average molecular weight is 309 g/mol. The SMILES string of the molecule is CCOC(=O)c1nnn(C2CCS(=O)(=O)C2)c1C(F)F. The molecule has 1 aromatic rings. The van der Waals surface area contributed by atoms with Gasteiger partial charge in [0.25, 0.3) is 6.43 Å². The Hall–Kier alpha value is -1.58. The van der Waals surface area contributed by atoms with Crippen LogP contribution >= 0.6 is 0 Å². The largest absolute Gasteiger partial charge is 0.461 e. The van der Waals surface area contributed by atoms with Crippen molar-refractivity contribution in [3.8, 4) is 0 Å². The predicted molar refractivity (Wildman–Crippen MR) is 63.2 cm³/mol. The van der Waals surface area contributed by atoms with Crippen molar-refractivity contribution in [1.82, 2.24) is 15.0 Å². The van der Waals surface area contributed by atoms with E-state index < -0.39 is 39.7 Å². The summed E-state index contributed by atoms with van der Waals surface area (Å²) in [6, 6.07) is -0.723. The summed E-state index contributed by atoms with van der Waals surface area (Å²) in [5.74, 6) is -1.36. The van der Waals surface area contributed by atoms with Gasteiger partial charge in [-0.1, -0.05) is 5.21 Å². The molecule has 0 saturated carbocycles. The Morgan fingerprint density at radius 3 is 2.75 bits per heavy atom. The van der Waals surface area contributed by atoms with E-state index in [9.17, 15) is 22.0 Å². The normalized spacial score (nSPS) is 21.3. The van der Waals surface area contributed by atoms with Crippen molar-refractivity contribution in [2.24, 2.45) is 0 Å². The van der Waals surface area contributed by atoms with E-state index in [1.807, 2.05) is 0 Å². The first-order chi connectivity index (χ1) is 9.35. The molecule has 1 fully saturated rings. The average Bonchev–Trinajstić information content (AvgIpc) is 2.92. The molecule has 1 aliphatic heterocycles. The number of carbonyl (C=O) groups is 1. The number of hydrogen-bond acceptors (Lipinski definition) is 6. The van der Waals surface area contributed by atoms with Gasteiger partial charge in [-0.15, -0.1) is 5.10 Å². The van der Waals surface area contributed by atoms with Crippen molar-refractivity contribution in [1.29, 1.82) is 0 Å². The molecule has 0 aromatic carbocycles. The van der Waals surface area contributed by atoms with Gasteiger partial charge in [0.05, 0.1) is 24.2 Å². The number of aromatic nitrogens is 3. The Kier molecular flexibility index (Phi) is 4.02. The molecule has 1 saturated heterocycles. The van der Waals surface area contributed by atoms with Crippen LogP contribution in [0.4, 0.5) is 8.78 Å². The van der Waals surface area contributed by atoms with Gasteiger partial charge in [-0.3, -0.25) is 0 Å². The minimum Gasteiger partial charge on any atom is -0.461 e. The summed E-state index contributed by atoms with van der Waals surface area (Å²) in [6.45, 7) is 1.56. The van der Waals surface area contributed by atoms with Crippen LogP contribution in [0.25, 0.3) is 0 Å². The smallest absolute Gasteiger partial charge is 0.361 e. The van der Waals surface area contributed by atoms with Crippen LogP contribution in [0.1, 0.15) is 42.0 Å².